The van der Waals surface area contributed by atoms with Crippen molar-refractivity contribution in [1.82, 2.24) is 15.1 Å². The molecule has 7 heteroatoms. The topological polar surface area (TPSA) is 62.2 Å². The number of hydrogen-bond acceptors (Lipinski definition) is 3. The van der Waals surface area contributed by atoms with Gasteiger partial charge in [-0.05, 0) is 50.5 Å². The Balaban J connectivity index is 1.58. The number of aromatic nitrogens is 2. The fraction of sp³-hybridized carbons (Fsp3) is 0.444. The molecule has 1 fully saturated rings. The highest BCUT2D eigenvalue weighted by Crippen LogP contribution is 2.24. The number of nitrogens with one attached hydrogen (secondary N) is 2. The van der Waals surface area contributed by atoms with Gasteiger partial charge in [0.2, 0.25) is 0 Å². The molecule has 1 atom stereocenters. The molecule has 0 radical (unpaired) electrons. The van der Waals surface area contributed by atoms with Gasteiger partial charge in [0.1, 0.15) is 5.82 Å². The smallest absolute Gasteiger partial charge is 0.319 e. The molecule has 1 aromatic carbocycles. The lowest BCUT2D eigenvalue weighted by molar-refractivity contribution is 0.246. The van der Waals surface area contributed by atoms with E-state index in [-0.39, 0.29) is 17.9 Å². The molecule has 2 aromatic rings. The van der Waals surface area contributed by atoms with E-state index in [9.17, 15) is 9.18 Å². The van der Waals surface area contributed by atoms with Gasteiger partial charge >= 0.3 is 6.03 Å². The number of amides is 2. The molecule has 1 aliphatic heterocycles. The van der Waals surface area contributed by atoms with Gasteiger partial charge in [-0.2, -0.15) is 5.10 Å². The fourth-order valence-electron chi connectivity index (χ4n) is 3.24. The molecule has 6 nitrogen and oxygen atoms in total. The summed E-state index contributed by atoms with van der Waals surface area (Å²) in [7, 11) is 0. The Bertz CT molecular complexity index is 745. The predicted octanol–water partition coefficient (Wildman–Crippen LogP) is 3.14. The number of urea groups is 1. The van der Waals surface area contributed by atoms with Crippen LogP contribution >= 0.6 is 0 Å². The molecule has 2 N–H and O–H groups in total. The van der Waals surface area contributed by atoms with Crippen LogP contribution in [-0.4, -0.2) is 34.9 Å². The first-order valence-corrected chi connectivity index (χ1v) is 8.66. The largest absolute Gasteiger partial charge is 0.369 e. The van der Waals surface area contributed by atoms with Gasteiger partial charge in [-0.1, -0.05) is 0 Å². The van der Waals surface area contributed by atoms with Crippen LogP contribution in [0.25, 0.3) is 0 Å². The van der Waals surface area contributed by atoms with E-state index in [0.29, 0.717) is 12.2 Å². The molecule has 0 spiro atoms. The summed E-state index contributed by atoms with van der Waals surface area (Å²) in [6, 6.07) is 4.67. The number of benzene rings is 1. The van der Waals surface area contributed by atoms with E-state index in [1.807, 2.05) is 19.9 Å². The highest BCUT2D eigenvalue weighted by Gasteiger charge is 2.22. The molecule has 1 unspecified atom stereocenters. The van der Waals surface area contributed by atoms with Crippen LogP contribution in [0.5, 0.6) is 0 Å². The Kier molecular flexibility index (Phi) is 5.21. The summed E-state index contributed by atoms with van der Waals surface area (Å²) in [5, 5.41) is 9.98. The lowest BCUT2D eigenvalue weighted by Gasteiger charge is -2.35. The molecule has 3 rings (SSSR count). The molecular weight excluding hydrogens is 321 g/mol. The minimum absolute atomic E-state index is 0.0550. The lowest BCUT2D eigenvalue weighted by Crippen LogP contribution is -2.49. The summed E-state index contributed by atoms with van der Waals surface area (Å²) < 4.78 is 15.1. The molecule has 1 saturated heterocycles. The molecular formula is C18H24FN5O. The first-order valence-electron chi connectivity index (χ1n) is 8.66. The molecule has 2 amide bonds. The molecule has 134 valence electrons. The van der Waals surface area contributed by atoms with Crippen molar-refractivity contribution < 1.29 is 9.18 Å². The number of anilines is 2. The van der Waals surface area contributed by atoms with Crippen molar-refractivity contribution in [1.29, 1.82) is 0 Å². The average molecular weight is 345 g/mol. The van der Waals surface area contributed by atoms with E-state index in [0.717, 1.165) is 37.2 Å². The van der Waals surface area contributed by atoms with Crippen LogP contribution < -0.4 is 15.5 Å². The monoisotopic (exact) mass is 345 g/mol. The Morgan fingerprint density at radius 3 is 3.00 bits per heavy atom. The van der Waals surface area contributed by atoms with Crippen LogP contribution in [0.4, 0.5) is 20.6 Å². The number of aryl methyl sites for hydroxylation is 2. The van der Waals surface area contributed by atoms with Crippen molar-refractivity contribution in [2.45, 2.75) is 39.3 Å². The average Bonchev–Trinajstić information content (AvgIpc) is 3.02. The minimum atomic E-state index is -0.224. The maximum Gasteiger partial charge on any atom is 0.319 e. The zero-order chi connectivity index (χ0) is 17.8. The first kappa shape index (κ1) is 17.3. The summed E-state index contributed by atoms with van der Waals surface area (Å²) in [6.45, 7) is 6.29. The van der Waals surface area contributed by atoms with Crippen LogP contribution in [0.3, 0.4) is 0 Å². The third-order valence-electron chi connectivity index (χ3n) is 4.47. The number of halogens is 1. The summed E-state index contributed by atoms with van der Waals surface area (Å²) >= 11 is 0. The van der Waals surface area contributed by atoms with E-state index in [1.165, 1.54) is 6.07 Å². The number of piperidine rings is 1. The van der Waals surface area contributed by atoms with Crippen molar-refractivity contribution in [2.24, 2.45) is 0 Å². The van der Waals surface area contributed by atoms with Gasteiger partial charge < -0.3 is 15.5 Å². The third-order valence-corrected chi connectivity index (χ3v) is 4.47. The van der Waals surface area contributed by atoms with Gasteiger partial charge in [0.25, 0.3) is 0 Å². The SMILES string of the molecule is CCn1cc(NC(=O)NC2CCCN(c3ccc(F)cc3C)C2)cn1. The van der Waals surface area contributed by atoms with Gasteiger partial charge in [-0.15, -0.1) is 0 Å². The Labute approximate surface area is 147 Å². The summed E-state index contributed by atoms with van der Waals surface area (Å²) in [6.07, 6.45) is 5.35. The Morgan fingerprint density at radius 1 is 1.44 bits per heavy atom. The highest BCUT2D eigenvalue weighted by atomic mass is 19.1. The standard InChI is InChI=1S/C18H24FN5O/c1-3-24-12-16(10-20-24)22-18(25)21-15-5-4-8-23(11-15)17-7-6-14(19)9-13(17)2/h6-7,9-10,12,15H,3-5,8,11H2,1-2H3,(H2,21,22,25). The second-order valence-electron chi connectivity index (χ2n) is 6.40. The van der Waals surface area contributed by atoms with Gasteiger partial charge in [-0.25, -0.2) is 9.18 Å². The summed E-state index contributed by atoms with van der Waals surface area (Å²) in [4.78, 5) is 14.4. The second kappa shape index (κ2) is 7.55. The van der Waals surface area contributed by atoms with Crippen LogP contribution in [0.1, 0.15) is 25.3 Å². The zero-order valence-electron chi connectivity index (χ0n) is 14.6. The Hall–Kier alpha value is -2.57. The van der Waals surface area contributed by atoms with E-state index in [1.54, 1.807) is 23.1 Å². The number of rotatable bonds is 4. The van der Waals surface area contributed by atoms with Crippen molar-refractivity contribution in [2.75, 3.05) is 23.3 Å². The van der Waals surface area contributed by atoms with Gasteiger partial charge in [0.15, 0.2) is 0 Å². The number of nitrogens with zero attached hydrogens (tertiary/aromatic N) is 3. The normalized spacial score (nSPS) is 17.4. The van der Waals surface area contributed by atoms with E-state index in [4.69, 9.17) is 0 Å². The lowest BCUT2D eigenvalue weighted by atomic mass is 10.0. The van der Waals surface area contributed by atoms with Crippen molar-refractivity contribution in [3.63, 3.8) is 0 Å². The molecule has 0 aliphatic carbocycles. The zero-order valence-corrected chi connectivity index (χ0v) is 14.6. The predicted molar refractivity (Wildman–Crippen MR) is 96.4 cm³/mol. The van der Waals surface area contributed by atoms with Crippen LogP contribution in [0.15, 0.2) is 30.6 Å². The molecule has 1 aliphatic rings. The van der Waals surface area contributed by atoms with E-state index < -0.39 is 0 Å². The van der Waals surface area contributed by atoms with E-state index >= 15 is 0 Å². The van der Waals surface area contributed by atoms with Gasteiger partial charge in [0, 0.05) is 37.6 Å². The fourth-order valence-corrected chi connectivity index (χ4v) is 3.24. The quantitative estimate of drug-likeness (QED) is 0.895. The summed E-state index contributed by atoms with van der Waals surface area (Å²) in [5.74, 6) is -0.222. The molecule has 0 saturated carbocycles. The maximum absolute atomic E-state index is 13.3. The van der Waals surface area contributed by atoms with Crippen LogP contribution in [-0.2, 0) is 6.54 Å². The maximum atomic E-state index is 13.3. The first-order chi connectivity index (χ1) is 12.0. The van der Waals surface area contributed by atoms with Crippen molar-refractivity contribution in [3.05, 3.63) is 42.0 Å². The van der Waals surface area contributed by atoms with Crippen LogP contribution in [0.2, 0.25) is 0 Å². The number of hydrogen-bond donors (Lipinski definition) is 2. The number of carbonyl (C=O) groups excluding carboxylic acids is 1. The molecule has 2 heterocycles. The minimum Gasteiger partial charge on any atom is -0.369 e. The third kappa shape index (κ3) is 4.29. The van der Waals surface area contributed by atoms with Gasteiger partial charge in [0.05, 0.1) is 11.9 Å². The summed E-state index contributed by atoms with van der Waals surface area (Å²) in [5.41, 5.74) is 2.62. The van der Waals surface area contributed by atoms with Crippen LogP contribution in [0, 0.1) is 12.7 Å². The van der Waals surface area contributed by atoms with Crippen molar-refractivity contribution >= 4 is 17.4 Å². The molecule has 1 aromatic heterocycles. The molecule has 25 heavy (non-hydrogen) atoms. The highest BCUT2D eigenvalue weighted by molar-refractivity contribution is 5.89. The molecule has 0 bridgehead atoms. The second-order valence-corrected chi connectivity index (χ2v) is 6.40. The van der Waals surface area contributed by atoms with Gasteiger partial charge in [-0.3, -0.25) is 4.68 Å². The van der Waals surface area contributed by atoms with Crippen molar-refractivity contribution in [3.8, 4) is 0 Å². The number of carbonyl (C=O) groups is 1. The Morgan fingerprint density at radius 2 is 2.28 bits per heavy atom. The van der Waals surface area contributed by atoms with E-state index in [2.05, 4.69) is 20.6 Å².